The number of alkyl halides is 3. The standard InChI is InChI=1S/C19H25F3N2O4/c1-27-15-8-14(9-16(10-15)28-2)23-17(25)6-5-13-4-3-7-24(12-13)18(26)11-19(20,21)22/h8-10,13H,3-7,11-12H2,1-2H3,(H,23,25)/t13-/m0/s1. The molecule has 28 heavy (non-hydrogen) atoms. The molecule has 0 aromatic heterocycles. The van der Waals surface area contributed by atoms with E-state index in [-0.39, 0.29) is 24.8 Å². The Balaban J connectivity index is 1.84. The minimum atomic E-state index is -4.50. The lowest BCUT2D eigenvalue weighted by Gasteiger charge is -2.33. The van der Waals surface area contributed by atoms with Gasteiger partial charge in [0.2, 0.25) is 11.8 Å². The predicted molar refractivity (Wildman–Crippen MR) is 97.4 cm³/mol. The van der Waals surface area contributed by atoms with E-state index in [1.165, 1.54) is 19.1 Å². The minimum Gasteiger partial charge on any atom is -0.497 e. The summed E-state index contributed by atoms with van der Waals surface area (Å²) in [5, 5.41) is 2.77. The summed E-state index contributed by atoms with van der Waals surface area (Å²) in [5.74, 6) is -0.0165. The fourth-order valence-corrected chi connectivity index (χ4v) is 3.25. The Morgan fingerprint density at radius 3 is 2.39 bits per heavy atom. The highest BCUT2D eigenvalue weighted by molar-refractivity contribution is 5.91. The third-order valence-electron chi connectivity index (χ3n) is 4.64. The van der Waals surface area contributed by atoms with E-state index in [0.29, 0.717) is 36.6 Å². The molecular formula is C19H25F3N2O4. The maximum atomic E-state index is 12.4. The maximum Gasteiger partial charge on any atom is 0.397 e. The number of benzene rings is 1. The van der Waals surface area contributed by atoms with Gasteiger partial charge in [-0.3, -0.25) is 9.59 Å². The lowest BCUT2D eigenvalue weighted by molar-refractivity contribution is -0.162. The predicted octanol–water partition coefficient (Wildman–Crippen LogP) is 3.61. The zero-order chi connectivity index (χ0) is 20.7. The van der Waals surface area contributed by atoms with Crippen LogP contribution in [-0.4, -0.2) is 50.2 Å². The van der Waals surface area contributed by atoms with Gasteiger partial charge in [-0.15, -0.1) is 0 Å². The van der Waals surface area contributed by atoms with Gasteiger partial charge in [-0.05, 0) is 25.2 Å². The number of anilines is 1. The second-order valence-electron chi connectivity index (χ2n) is 6.83. The largest absolute Gasteiger partial charge is 0.497 e. The highest BCUT2D eigenvalue weighted by Gasteiger charge is 2.35. The molecule has 156 valence electrons. The molecule has 1 heterocycles. The first-order valence-corrected chi connectivity index (χ1v) is 9.07. The van der Waals surface area contributed by atoms with Crippen LogP contribution in [0.2, 0.25) is 0 Å². The monoisotopic (exact) mass is 402 g/mol. The van der Waals surface area contributed by atoms with Gasteiger partial charge in [0.25, 0.3) is 0 Å². The molecule has 1 atom stereocenters. The molecule has 6 nitrogen and oxygen atoms in total. The van der Waals surface area contributed by atoms with Gasteiger partial charge >= 0.3 is 6.18 Å². The van der Waals surface area contributed by atoms with Gasteiger partial charge in [0.15, 0.2) is 0 Å². The molecule has 1 saturated heterocycles. The molecule has 2 amide bonds. The third kappa shape index (κ3) is 6.94. The summed E-state index contributed by atoms with van der Waals surface area (Å²) in [4.78, 5) is 25.3. The Bertz CT molecular complexity index is 672. The van der Waals surface area contributed by atoms with E-state index in [2.05, 4.69) is 5.32 Å². The van der Waals surface area contributed by atoms with E-state index in [9.17, 15) is 22.8 Å². The molecule has 0 saturated carbocycles. The fraction of sp³-hybridized carbons (Fsp3) is 0.579. The number of likely N-dealkylation sites (tertiary alicyclic amines) is 1. The number of methoxy groups -OCH3 is 2. The maximum absolute atomic E-state index is 12.4. The molecule has 0 unspecified atom stereocenters. The Morgan fingerprint density at radius 1 is 1.18 bits per heavy atom. The summed E-state index contributed by atoms with van der Waals surface area (Å²) in [6, 6.07) is 5.02. The summed E-state index contributed by atoms with van der Waals surface area (Å²) in [7, 11) is 3.02. The number of nitrogens with one attached hydrogen (secondary N) is 1. The number of hydrogen-bond acceptors (Lipinski definition) is 4. The molecule has 0 radical (unpaired) electrons. The molecule has 0 bridgehead atoms. The van der Waals surface area contributed by atoms with Crippen molar-refractivity contribution >= 4 is 17.5 Å². The van der Waals surface area contributed by atoms with E-state index in [1.54, 1.807) is 18.2 Å². The molecule has 9 heteroatoms. The van der Waals surface area contributed by atoms with Crippen molar-refractivity contribution in [2.24, 2.45) is 5.92 Å². The average Bonchev–Trinajstić information content (AvgIpc) is 2.65. The molecule has 1 aromatic carbocycles. The van der Waals surface area contributed by atoms with Crippen LogP contribution in [-0.2, 0) is 9.59 Å². The first kappa shape index (κ1) is 21.8. The number of carbonyl (C=O) groups is 2. The molecule has 2 rings (SSSR count). The van der Waals surface area contributed by atoms with E-state index < -0.39 is 18.5 Å². The van der Waals surface area contributed by atoms with Gasteiger partial charge in [0, 0.05) is 43.4 Å². The molecule has 0 aliphatic carbocycles. The number of ether oxygens (including phenoxy) is 2. The van der Waals surface area contributed by atoms with Crippen LogP contribution in [0.1, 0.15) is 32.1 Å². The minimum absolute atomic E-state index is 0.0107. The number of hydrogen-bond donors (Lipinski definition) is 1. The fourth-order valence-electron chi connectivity index (χ4n) is 3.25. The van der Waals surface area contributed by atoms with Crippen molar-refractivity contribution in [2.45, 2.75) is 38.3 Å². The number of amides is 2. The molecule has 1 aliphatic heterocycles. The number of carbonyl (C=O) groups excluding carboxylic acids is 2. The lowest BCUT2D eigenvalue weighted by Crippen LogP contribution is -2.41. The van der Waals surface area contributed by atoms with Crippen LogP contribution >= 0.6 is 0 Å². The zero-order valence-corrected chi connectivity index (χ0v) is 16.0. The van der Waals surface area contributed by atoms with Crippen molar-refractivity contribution in [3.8, 4) is 11.5 Å². The van der Waals surface area contributed by atoms with Crippen molar-refractivity contribution in [3.63, 3.8) is 0 Å². The van der Waals surface area contributed by atoms with Crippen molar-refractivity contribution in [1.82, 2.24) is 4.90 Å². The number of nitrogens with zero attached hydrogens (tertiary/aromatic N) is 1. The van der Waals surface area contributed by atoms with Crippen LogP contribution in [0.4, 0.5) is 18.9 Å². The second kappa shape index (κ2) is 9.66. The Labute approximate surface area is 162 Å². The Kier molecular flexibility index (Phi) is 7.53. The third-order valence-corrected chi connectivity index (χ3v) is 4.64. The zero-order valence-electron chi connectivity index (χ0n) is 16.0. The average molecular weight is 402 g/mol. The van der Waals surface area contributed by atoms with Crippen molar-refractivity contribution in [1.29, 1.82) is 0 Å². The highest BCUT2D eigenvalue weighted by Crippen LogP contribution is 2.27. The number of piperidine rings is 1. The quantitative estimate of drug-likeness (QED) is 0.757. The molecule has 0 spiro atoms. The Morgan fingerprint density at radius 2 is 1.82 bits per heavy atom. The van der Waals surface area contributed by atoms with Crippen molar-refractivity contribution in [2.75, 3.05) is 32.6 Å². The van der Waals surface area contributed by atoms with Crippen LogP contribution in [0.3, 0.4) is 0 Å². The first-order chi connectivity index (χ1) is 13.2. The first-order valence-electron chi connectivity index (χ1n) is 9.07. The van der Waals surface area contributed by atoms with Gasteiger partial charge in [0.1, 0.15) is 17.9 Å². The number of halogens is 3. The molecule has 1 aromatic rings. The van der Waals surface area contributed by atoms with Crippen molar-refractivity contribution < 1.29 is 32.2 Å². The van der Waals surface area contributed by atoms with Crippen LogP contribution in [0.15, 0.2) is 18.2 Å². The van der Waals surface area contributed by atoms with E-state index in [0.717, 1.165) is 6.42 Å². The van der Waals surface area contributed by atoms with Gasteiger partial charge < -0.3 is 19.7 Å². The van der Waals surface area contributed by atoms with E-state index in [1.807, 2.05) is 0 Å². The van der Waals surface area contributed by atoms with Gasteiger partial charge in [-0.1, -0.05) is 0 Å². The Hall–Kier alpha value is -2.45. The summed E-state index contributed by atoms with van der Waals surface area (Å²) < 4.78 is 47.5. The summed E-state index contributed by atoms with van der Waals surface area (Å²) in [6.07, 6.45) is -3.78. The normalized spacial score (nSPS) is 17.2. The number of rotatable bonds is 7. The summed E-state index contributed by atoms with van der Waals surface area (Å²) in [5.41, 5.74) is 0.534. The van der Waals surface area contributed by atoms with Gasteiger partial charge in [0.05, 0.1) is 14.2 Å². The molecule has 1 fully saturated rings. The molecule has 1 aliphatic rings. The van der Waals surface area contributed by atoms with Gasteiger partial charge in [-0.2, -0.15) is 13.2 Å². The summed E-state index contributed by atoms with van der Waals surface area (Å²) in [6.45, 7) is 0.594. The van der Waals surface area contributed by atoms with E-state index in [4.69, 9.17) is 9.47 Å². The van der Waals surface area contributed by atoms with Crippen LogP contribution < -0.4 is 14.8 Å². The van der Waals surface area contributed by atoms with Crippen LogP contribution in [0, 0.1) is 5.92 Å². The van der Waals surface area contributed by atoms with Crippen LogP contribution in [0.5, 0.6) is 11.5 Å². The second-order valence-corrected chi connectivity index (χ2v) is 6.83. The SMILES string of the molecule is COc1cc(NC(=O)CC[C@@H]2CCCN(C(=O)CC(F)(F)F)C2)cc(OC)c1. The highest BCUT2D eigenvalue weighted by atomic mass is 19.4. The van der Waals surface area contributed by atoms with Crippen molar-refractivity contribution in [3.05, 3.63) is 18.2 Å². The molecule has 1 N–H and O–H groups in total. The van der Waals surface area contributed by atoms with Gasteiger partial charge in [-0.25, -0.2) is 0 Å². The summed E-state index contributed by atoms with van der Waals surface area (Å²) >= 11 is 0. The topological polar surface area (TPSA) is 67.9 Å². The molecular weight excluding hydrogens is 377 g/mol. The van der Waals surface area contributed by atoms with E-state index >= 15 is 0 Å². The smallest absolute Gasteiger partial charge is 0.397 e. The van der Waals surface area contributed by atoms with Crippen LogP contribution in [0.25, 0.3) is 0 Å². The lowest BCUT2D eigenvalue weighted by atomic mass is 9.93.